The summed E-state index contributed by atoms with van der Waals surface area (Å²) in [4.78, 5) is 0. The Hall–Kier alpha value is -1.33. The molecular weight excluding hydrogens is 464 g/mol. The summed E-state index contributed by atoms with van der Waals surface area (Å²) in [6.45, 7) is 14.2. The van der Waals surface area contributed by atoms with Crippen molar-refractivity contribution in [2.75, 3.05) is 0 Å². The fraction of sp³-hybridized carbons (Fsp3) is 0.452. The first-order valence-electron chi connectivity index (χ1n) is 12.3. The Bertz CT molecular complexity index is 1150. The van der Waals surface area contributed by atoms with Crippen LogP contribution >= 0.6 is 0 Å². The second kappa shape index (κ2) is 7.60. The Morgan fingerprint density at radius 2 is 1.56 bits per heavy atom. The van der Waals surface area contributed by atoms with Crippen molar-refractivity contribution in [1.82, 2.24) is 0 Å². The molecule has 1 saturated carbocycles. The molecule has 2 aromatic rings. The third kappa shape index (κ3) is 3.37. The Balaban J connectivity index is 1.78. The van der Waals surface area contributed by atoms with Crippen molar-refractivity contribution in [3.8, 4) is 11.1 Å². The number of hydrogen-bond donors (Lipinski definition) is 0. The van der Waals surface area contributed by atoms with E-state index in [2.05, 4.69) is 96.2 Å². The van der Waals surface area contributed by atoms with Gasteiger partial charge >= 0.3 is 210 Å². The molecule has 0 nitrogen and oxygen atoms in total. The maximum absolute atomic E-state index is 2.49. The van der Waals surface area contributed by atoms with Crippen molar-refractivity contribution in [2.45, 2.75) is 83.5 Å². The Morgan fingerprint density at radius 3 is 2.16 bits per heavy atom. The number of fused-ring (bicyclic) bond motifs is 3. The average molecular weight is 500 g/mol. The van der Waals surface area contributed by atoms with Crippen LogP contribution in [0.5, 0.6) is 0 Å². The standard InChI is InChI=1S/C31H36.Zr/c1-29(2,3)23-13-14-24-21(19-23)20-26-25(24)15-16-27(30(4,5)6)28(26)31(17-9-10-18-31)22-11-7-8-12-22;/h7-8,11-16,19,22H,9-10,17,20H2,1-6H3;/q;+2. The minimum absolute atomic E-state index is 0.133. The van der Waals surface area contributed by atoms with Gasteiger partial charge in [-0.05, 0) is 0 Å². The molecule has 3 aliphatic carbocycles. The van der Waals surface area contributed by atoms with Crippen LogP contribution in [0.25, 0.3) is 11.1 Å². The monoisotopic (exact) mass is 498 g/mol. The van der Waals surface area contributed by atoms with Gasteiger partial charge in [0, 0.05) is 0 Å². The van der Waals surface area contributed by atoms with E-state index in [1.165, 1.54) is 41.5 Å². The SMILES string of the molecule is CC(C)(C)c1ccc2c(c1)Cc1c-2ccc(C(C)(C)C)c1C1(C2C=CC=C2)CCC[C]1=[Zr+2]. The van der Waals surface area contributed by atoms with E-state index in [-0.39, 0.29) is 16.2 Å². The van der Waals surface area contributed by atoms with E-state index in [0.29, 0.717) is 5.92 Å². The molecule has 32 heavy (non-hydrogen) atoms. The first kappa shape index (κ1) is 22.5. The molecule has 0 amide bonds. The fourth-order valence-corrected chi connectivity index (χ4v) is 7.83. The van der Waals surface area contributed by atoms with Crippen LogP contribution < -0.4 is 0 Å². The van der Waals surface area contributed by atoms with Crippen LogP contribution in [0.3, 0.4) is 0 Å². The van der Waals surface area contributed by atoms with E-state index >= 15 is 0 Å². The topological polar surface area (TPSA) is 0 Å². The summed E-state index contributed by atoms with van der Waals surface area (Å²) in [6, 6.07) is 12.2. The van der Waals surface area contributed by atoms with Crippen LogP contribution in [0.1, 0.15) is 88.6 Å². The molecule has 0 aromatic heterocycles. The van der Waals surface area contributed by atoms with Gasteiger partial charge in [-0.2, -0.15) is 0 Å². The predicted molar refractivity (Wildman–Crippen MR) is 134 cm³/mol. The molecule has 0 radical (unpaired) electrons. The second-order valence-corrected chi connectivity index (χ2v) is 13.6. The van der Waals surface area contributed by atoms with Crippen molar-refractivity contribution in [3.05, 3.63) is 82.5 Å². The molecule has 0 bridgehead atoms. The third-order valence-electron chi connectivity index (χ3n) is 8.05. The molecule has 0 aliphatic heterocycles. The van der Waals surface area contributed by atoms with Crippen molar-refractivity contribution < 1.29 is 24.2 Å². The third-order valence-corrected chi connectivity index (χ3v) is 9.76. The van der Waals surface area contributed by atoms with Crippen molar-refractivity contribution in [1.29, 1.82) is 0 Å². The molecule has 1 heteroatoms. The van der Waals surface area contributed by atoms with E-state index in [1.54, 1.807) is 44.1 Å². The van der Waals surface area contributed by atoms with E-state index in [4.69, 9.17) is 0 Å². The van der Waals surface area contributed by atoms with Crippen molar-refractivity contribution >= 4 is 3.21 Å². The minimum atomic E-state index is 0.133. The van der Waals surface area contributed by atoms with Gasteiger partial charge in [0.2, 0.25) is 0 Å². The summed E-state index contributed by atoms with van der Waals surface area (Å²) >= 11 is 1.63. The summed E-state index contributed by atoms with van der Waals surface area (Å²) in [5, 5.41) is 0. The fourth-order valence-electron chi connectivity index (χ4n) is 6.37. The molecule has 1 fully saturated rings. The molecule has 0 N–H and O–H groups in total. The normalized spacial score (nSPS) is 22.7. The first-order valence-corrected chi connectivity index (χ1v) is 13.5. The predicted octanol–water partition coefficient (Wildman–Crippen LogP) is 7.74. The molecule has 2 aromatic carbocycles. The van der Waals surface area contributed by atoms with Crippen LogP contribution in [0.15, 0.2) is 54.6 Å². The summed E-state index contributed by atoms with van der Waals surface area (Å²) in [5.74, 6) is 0.501. The zero-order valence-electron chi connectivity index (χ0n) is 20.6. The van der Waals surface area contributed by atoms with E-state index in [9.17, 15) is 0 Å². The van der Waals surface area contributed by atoms with Crippen LogP contribution in [0.2, 0.25) is 0 Å². The molecule has 0 saturated heterocycles. The molecular formula is C31H36Zr+2. The van der Waals surface area contributed by atoms with Gasteiger partial charge in [0.1, 0.15) is 0 Å². The summed E-state index contributed by atoms with van der Waals surface area (Å²) < 4.78 is 1.77. The van der Waals surface area contributed by atoms with Crippen LogP contribution in [-0.4, -0.2) is 3.21 Å². The molecule has 1 unspecified atom stereocenters. The van der Waals surface area contributed by atoms with E-state index < -0.39 is 0 Å². The van der Waals surface area contributed by atoms with Gasteiger partial charge in [0.25, 0.3) is 0 Å². The van der Waals surface area contributed by atoms with Gasteiger partial charge < -0.3 is 0 Å². The molecule has 1 atom stereocenters. The quantitative estimate of drug-likeness (QED) is 0.338. The maximum atomic E-state index is 2.49. The Morgan fingerprint density at radius 1 is 0.875 bits per heavy atom. The molecule has 162 valence electrons. The molecule has 0 spiro atoms. The first-order chi connectivity index (χ1) is 15.0. The molecule has 0 heterocycles. The van der Waals surface area contributed by atoms with Crippen molar-refractivity contribution in [2.24, 2.45) is 5.92 Å². The van der Waals surface area contributed by atoms with E-state index in [1.807, 2.05) is 0 Å². The van der Waals surface area contributed by atoms with Gasteiger partial charge in [-0.3, -0.25) is 0 Å². The van der Waals surface area contributed by atoms with Gasteiger partial charge in [-0.25, -0.2) is 0 Å². The van der Waals surface area contributed by atoms with Gasteiger partial charge in [0.15, 0.2) is 0 Å². The number of hydrogen-bond acceptors (Lipinski definition) is 0. The summed E-state index contributed by atoms with van der Waals surface area (Å²) in [5.41, 5.74) is 11.3. The summed E-state index contributed by atoms with van der Waals surface area (Å²) in [7, 11) is 0. The average Bonchev–Trinajstić information content (AvgIpc) is 3.44. The van der Waals surface area contributed by atoms with E-state index in [0.717, 1.165) is 6.42 Å². The number of allylic oxidation sites excluding steroid dienone is 4. The van der Waals surface area contributed by atoms with Crippen LogP contribution in [-0.2, 0) is 46.9 Å². The van der Waals surface area contributed by atoms with Gasteiger partial charge in [-0.15, -0.1) is 0 Å². The zero-order valence-corrected chi connectivity index (χ0v) is 23.1. The Kier molecular flexibility index (Phi) is 5.33. The van der Waals surface area contributed by atoms with Crippen LogP contribution in [0, 0.1) is 5.92 Å². The number of benzene rings is 2. The Labute approximate surface area is 209 Å². The summed E-state index contributed by atoms with van der Waals surface area (Å²) in [6.07, 6.45) is 14.5. The zero-order chi connectivity index (χ0) is 22.9. The van der Waals surface area contributed by atoms with Crippen LogP contribution in [0.4, 0.5) is 0 Å². The number of rotatable bonds is 2. The van der Waals surface area contributed by atoms with Crippen molar-refractivity contribution in [3.63, 3.8) is 0 Å². The second-order valence-electron chi connectivity index (χ2n) is 12.2. The molecule has 5 rings (SSSR count). The van der Waals surface area contributed by atoms with Gasteiger partial charge in [-0.1, -0.05) is 0 Å². The van der Waals surface area contributed by atoms with Gasteiger partial charge in [0.05, 0.1) is 0 Å². The molecule has 3 aliphatic rings.